The molecular formula is C15H16N2O. The van der Waals surface area contributed by atoms with Crippen LogP contribution in [0.15, 0.2) is 23.2 Å². The molecule has 0 saturated heterocycles. The van der Waals surface area contributed by atoms with E-state index >= 15 is 0 Å². The molecular weight excluding hydrogens is 224 g/mol. The van der Waals surface area contributed by atoms with Crippen LogP contribution < -0.4 is 0 Å². The third-order valence-corrected chi connectivity index (χ3v) is 4.29. The van der Waals surface area contributed by atoms with Crippen molar-refractivity contribution >= 4 is 17.0 Å². The van der Waals surface area contributed by atoms with Gasteiger partial charge in [0.25, 0.3) is 0 Å². The van der Waals surface area contributed by atoms with E-state index in [4.69, 9.17) is 0 Å². The summed E-state index contributed by atoms with van der Waals surface area (Å²) in [7, 11) is 0. The van der Waals surface area contributed by atoms with Crippen molar-refractivity contribution in [1.82, 2.24) is 4.98 Å². The highest BCUT2D eigenvalue weighted by Gasteiger charge is 2.38. The average Bonchev–Trinajstić information content (AvgIpc) is 2.60. The summed E-state index contributed by atoms with van der Waals surface area (Å²) in [4.78, 5) is 18.0. The minimum atomic E-state index is -0.298. The number of isocyanates is 1. The van der Waals surface area contributed by atoms with Crippen LogP contribution in [0.4, 0.5) is 0 Å². The Balaban J connectivity index is 2.18. The van der Waals surface area contributed by atoms with Crippen molar-refractivity contribution in [2.45, 2.75) is 38.6 Å². The molecule has 1 aliphatic rings. The quantitative estimate of drug-likeness (QED) is 0.633. The van der Waals surface area contributed by atoms with E-state index in [-0.39, 0.29) is 5.54 Å². The third-order valence-electron chi connectivity index (χ3n) is 4.29. The maximum absolute atomic E-state index is 10.6. The second-order valence-electron chi connectivity index (χ2n) is 5.22. The van der Waals surface area contributed by atoms with E-state index in [9.17, 15) is 4.79 Å². The maximum Gasteiger partial charge on any atom is 0.235 e. The molecule has 0 radical (unpaired) electrons. The largest absolute Gasteiger partial charge is 0.358 e. The van der Waals surface area contributed by atoms with Crippen molar-refractivity contribution in [1.29, 1.82) is 0 Å². The first kappa shape index (κ1) is 11.2. The van der Waals surface area contributed by atoms with E-state index in [1.807, 2.05) is 0 Å². The highest BCUT2D eigenvalue weighted by molar-refractivity contribution is 5.85. The zero-order chi connectivity index (χ0) is 12.8. The molecule has 0 amide bonds. The van der Waals surface area contributed by atoms with Crippen molar-refractivity contribution < 1.29 is 4.79 Å². The minimum Gasteiger partial charge on any atom is -0.358 e. The molecule has 18 heavy (non-hydrogen) atoms. The molecule has 0 atom stereocenters. The SMILES string of the molecule is Cc1[nH]c2ccc(C3(N=C=O)CCC3)cc2c1C. The van der Waals surface area contributed by atoms with E-state index in [2.05, 4.69) is 42.0 Å². The van der Waals surface area contributed by atoms with Gasteiger partial charge in [0.1, 0.15) is 0 Å². The van der Waals surface area contributed by atoms with Crippen LogP contribution in [0.25, 0.3) is 10.9 Å². The van der Waals surface area contributed by atoms with Crippen LogP contribution in [-0.4, -0.2) is 11.1 Å². The maximum atomic E-state index is 10.6. The predicted molar refractivity (Wildman–Crippen MR) is 71.4 cm³/mol. The van der Waals surface area contributed by atoms with Crippen LogP contribution >= 0.6 is 0 Å². The molecule has 0 spiro atoms. The number of fused-ring (bicyclic) bond motifs is 1. The second kappa shape index (κ2) is 3.82. The van der Waals surface area contributed by atoms with Gasteiger partial charge < -0.3 is 4.98 Å². The van der Waals surface area contributed by atoms with Crippen molar-refractivity contribution in [3.8, 4) is 0 Å². The number of H-pyrrole nitrogens is 1. The van der Waals surface area contributed by atoms with Crippen molar-refractivity contribution in [3.63, 3.8) is 0 Å². The molecule has 1 saturated carbocycles. The number of aryl methyl sites for hydroxylation is 2. The summed E-state index contributed by atoms with van der Waals surface area (Å²) >= 11 is 0. The highest BCUT2D eigenvalue weighted by Crippen LogP contribution is 2.45. The first-order chi connectivity index (χ1) is 8.66. The lowest BCUT2D eigenvalue weighted by atomic mass is 9.72. The zero-order valence-electron chi connectivity index (χ0n) is 10.7. The van der Waals surface area contributed by atoms with Crippen LogP contribution in [0.1, 0.15) is 36.1 Å². The summed E-state index contributed by atoms with van der Waals surface area (Å²) < 4.78 is 0. The third kappa shape index (κ3) is 1.44. The highest BCUT2D eigenvalue weighted by atomic mass is 16.1. The molecule has 3 nitrogen and oxygen atoms in total. The van der Waals surface area contributed by atoms with E-state index < -0.39 is 0 Å². The van der Waals surface area contributed by atoms with Gasteiger partial charge in [0.2, 0.25) is 6.08 Å². The molecule has 1 N–H and O–H groups in total. The van der Waals surface area contributed by atoms with Crippen LogP contribution in [0.2, 0.25) is 0 Å². The van der Waals surface area contributed by atoms with Gasteiger partial charge in [0, 0.05) is 16.6 Å². The van der Waals surface area contributed by atoms with Gasteiger partial charge in [-0.15, -0.1) is 0 Å². The molecule has 92 valence electrons. The minimum absolute atomic E-state index is 0.298. The molecule has 1 aromatic heterocycles. The van der Waals surface area contributed by atoms with Crippen LogP contribution in [-0.2, 0) is 10.3 Å². The predicted octanol–water partition coefficient (Wildman–Crippen LogP) is 3.50. The Kier molecular flexibility index (Phi) is 2.39. The molecule has 0 aliphatic heterocycles. The van der Waals surface area contributed by atoms with Gasteiger partial charge in [0.05, 0.1) is 5.54 Å². The Labute approximate surface area is 106 Å². The molecule has 0 unspecified atom stereocenters. The Morgan fingerprint density at radius 1 is 1.33 bits per heavy atom. The summed E-state index contributed by atoms with van der Waals surface area (Å²) in [6.45, 7) is 4.20. The van der Waals surface area contributed by atoms with E-state index in [1.165, 1.54) is 16.6 Å². The van der Waals surface area contributed by atoms with Gasteiger partial charge in [-0.1, -0.05) is 6.07 Å². The van der Waals surface area contributed by atoms with Gasteiger partial charge in [-0.3, -0.25) is 0 Å². The van der Waals surface area contributed by atoms with Crippen LogP contribution in [0, 0.1) is 13.8 Å². The Morgan fingerprint density at radius 3 is 2.72 bits per heavy atom. The lowest BCUT2D eigenvalue weighted by Gasteiger charge is -2.37. The van der Waals surface area contributed by atoms with Gasteiger partial charge >= 0.3 is 0 Å². The average molecular weight is 240 g/mol. The molecule has 1 fully saturated rings. The molecule has 3 rings (SSSR count). The second-order valence-corrected chi connectivity index (χ2v) is 5.22. The summed E-state index contributed by atoms with van der Waals surface area (Å²) in [6.07, 6.45) is 4.79. The number of nitrogens with one attached hydrogen (secondary N) is 1. The van der Waals surface area contributed by atoms with Crippen LogP contribution in [0.3, 0.4) is 0 Å². The standard InChI is InChI=1S/C15H16N2O/c1-10-11(2)17-14-5-4-12(8-13(10)14)15(16-9-18)6-3-7-15/h4-5,8,17H,3,6-7H2,1-2H3. The number of nitrogens with zero attached hydrogens (tertiary/aromatic N) is 1. The molecule has 2 aromatic rings. The topological polar surface area (TPSA) is 45.2 Å². The fraction of sp³-hybridized carbons (Fsp3) is 0.400. The smallest absolute Gasteiger partial charge is 0.235 e. The van der Waals surface area contributed by atoms with Gasteiger partial charge in [-0.05, 0) is 56.4 Å². The number of hydrogen-bond acceptors (Lipinski definition) is 2. The van der Waals surface area contributed by atoms with E-state index in [1.54, 1.807) is 6.08 Å². The Morgan fingerprint density at radius 2 is 2.11 bits per heavy atom. The molecule has 1 heterocycles. The number of aromatic amines is 1. The number of benzene rings is 1. The fourth-order valence-corrected chi connectivity index (χ4v) is 2.81. The number of aromatic nitrogens is 1. The number of carbonyl (C=O) groups excluding carboxylic acids is 1. The van der Waals surface area contributed by atoms with Gasteiger partial charge in [0.15, 0.2) is 0 Å². The van der Waals surface area contributed by atoms with E-state index in [0.717, 1.165) is 30.3 Å². The van der Waals surface area contributed by atoms with Crippen LogP contribution in [0.5, 0.6) is 0 Å². The summed E-state index contributed by atoms with van der Waals surface area (Å²) in [5, 5.41) is 1.23. The first-order valence-electron chi connectivity index (χ1n) is 6.35. The molecule has 3 heteroatoms. The molecule has 1 aliphatic carbocycles. The van der Waals surface area contributed by atoms with Gasteiger partial charge in [-0.25, -0.2) is 4.79 Å². The van der Waals surface area contributed by atoms with E-state index in [0.29, 0.717) is 0 Å². The summed E-state index contributed by atoms with van der Waals surface area (Å²) in [5.74, 6) is 0. The number of rotatable bonds is 2. The number of hydrogen-bond donors (Lipinski definition) is 1. The van der Waals surface area contributed by atoms with Crippen molar-refractivity contribution in [2.24, 2.45) is 4.99 Å². The normalized spacial score (nSPS) is 17.2. The summed E-state index contributed by atoms with van der Waals surface area (Å²) in [6, 6.07) is 6.34. The monoisotopic (exact) mass is 240 g/mol. The summed E-state index contributed by atoms with van der Waals surface area (Å²) in [5.41, 5.74) is 4.47. The fourth-order valence-electron chi connectivity index (χ4n) is 2.81. The first-order valence-corrected chi connectivity index (χ1v) is 6.35. The Hall–Kier alpha value is -1.86. The zero-order valence-corrected chi connectivity index (χ0v) is 10.7. The molecule has 1 aromatic carbocycles. The van der Waals surface area contributed by atoms with Crippen molar-refractivity contribution in [3.05, 3.63) is 35.0 Å². The number of aliphatic imine (C=N–C) groups is 1. The van der Waals surface area contributed by atoms with Crippen molar-refractivity contribution in [2.75, 3.05) is 0 Å². The molecule has 0 bridgehead atoms. The van der Waals surface area contributed by atoms with Gasteiger partial charge in [-0.2, -0.15) is 4.99 Å². The lowest BCUT2D eigenvalue weighted by Crippen LogP contribution is -2.31. The lowest BCUT2D eigenvalue weighted by molar-refractivity contribution is 0.256. The Bertz CT molecular complexity index is 658.